The molecule has 3 heteroatoms. The van der Waals surface area contributed by atoms with Gasteiger partial charge in [-0.2, -0.15) is 0 Å². The molecule has 0 saturated heterocycles. The fourth-order valence-electron chi connectivity index (χ4n) is 2.68. The SMILES string of the molecule is CCN(CCCBr)C(=O)C1CCCC1(C)C. The fourth-order valence-corrected chi connectivity index (χ4v) is 2.93. The van der Waals surface area contributed by atoms with Gasteiger partial charge in [-0.1, -0.05) is 36.2 Å². The second kappa shape index (κ2) is 6.04. The second-order valence-corrected chi connectivity index (χ2v) is 6.19. The Bertz CT molecular complexity index is 240. The van der Waals surface area contributed by atoms with Gasteiger partial charge in [-0.3, -0.25) is 4.79 Å². The molecule has 0 N–H and O–H groups in total. The Kier molecular flexibility index (Phi) is 5.29. The lowest BCUT2D eigenvalue weighted by atomic mass is 9.81. The van der Waals surface area contributed by atoms with Crippen molar-refractivity contribution in [1.29, 1.82) is 0 Å². The van der Waals surface area contributed by atoms with Crippen LogP contribution in [-0.2, 0) is 4.79 Å². The number of amides is 1. The Labute approximate surface area is 108 Å². The van der Waals surface area contributed by atoms with Gasteiger partial charge in [-0.05, 0) is 31.6 Å². The van der Waals surface area contributed by atoms with Gasteiger partial charge in [0.25, 0.3) is 0 Å². The standard InChI is InChI=1S/C13H24BrNO/c1-4-15(10-6-9-14)12(16)11-7-5-8-13(11,2)3/h11H,4-10H2,1-3H3. The Hall–Kier alpha value is -0.0500. The van der Waals surface area contributed by atoms with E-state index in [-0.39, 0.29) is 11.3 Å². The molecular weight excluding hydrogens is 266 g/mol. The molecule has 0 aromatic carbocycles. The second-order valence-electron chi connectivity index (χ2n) is 5.39. The molecule has 2 nitrogen and oxygen atoms in total. The number of carbonyl (C=O) groups excluding carboxylic acids is 1. The number of halogens is 1. The summed E-state index contributed by atoms with van der Waals surface area (Å²) < 4.78 is 0. The third-order valence-corrected chi connectivity index (χ3v) is 4.37. The van der Waals surface area contributed by atoms with Crippen molar-refractivity contribution in [3.63, 3.8) is 0 Å². The fraction of sp³-hybridized carbons (Fsp3) is 0.923. The van der Waals surface area contributed by atoms with E-state index in [0.717, 1.165) is 31.3 Å². The molecule has 0 heterocycles. The molecule has 0 bridgehead atoms. The molecule has 1 atom stereocenters. The van der Waals surface area contributed by atoms with Crippen LogP contribution in [0.1, 0.15) is 46.5 Å². The first kappa shape index (κ1) is 14.0. The minimum absolute atomic E-state index is 0.207. The predicted octanol–water partition coefficient (Wildman–Crippen LogP) is 3.45. The van der Waals surface area contributed by atoms with Crippen LogP contribution in [0.15, 0.2) is 0 Å². The molecule has 94 valence electrons. The lowest BCUT2D eigenvalue weighted by Crippen LogP contribution is -2.40. The van der Waals surface area contributed by atoms with E-state index >= 15 is 0 Å². The van der Waals surface area contributed by atoms with Crippen LogP contribution in [0.25, 0.3) is 0 Å². The van der Waals surface area contributed by atoms with Crippen LogP contribution >= 0.6 is 15.9 Å². The number of carbonyl (C=O) groups is 1. The number of hydrogen-bond acceptors (Lipinski definition) is 1. The van der Waals surface area contributed by atoms with E-state index in [1.165, 1.54) is 12.8 Å². The highest BCUT2D eigenvalue weighted by atomic mass is 79.9. The van der Waals surface area contributed by atoms with Crippen molar-refractivity contribution in [2.45, 2.75) is 46.5 Å². The van der Waals surface area contributed by atoms with Crippen molar-refractivity contribution in [2.75, 3.05) is 18.4 Å². The Morgan fingerprint density at radius 2 is 2.19 bits per heavy atom. The molecule has 1 fully saturated rings. The monoisotopic (exact) mass is 289 g/mol. The summed E-state index contributed by atoms with van der Waals surface area (Å²) in [5.74, 6) is 0.633. The molecular formula is C13H24BrNO. The van der Waals surface area contributed by atoms with Crippen molar-refractivity contribution < 1.29 is 4.79 Å². The number of hydrogen-bond donors (Lipinski definition) is 0. The van der Waals surface area contributed by atoms with Gasteiger partial charge in [0.05, 0.1) is 0 Å². The zero-order chi connectivity index (χ0) is 12.2. The van der Waals surface area contributed by atoms with Crippen LogP contribution in [0.3, 0.4) is 0 Å². The smallest absolute Gasteiger partial charge is 0.226 e. The van der Waals surface area contributed by atoms with Gasteiger partial charge in [0, 0.05) is 24.3 Å². The van der Waals surface area contributed by atoms with E-state index in [1.54, 1.807) is 0 Å². The average Bonchev–Trinajstić information content (AvgIpc) is 2.59. The summed E-state index contributed by atoms with van der Waals surface area (Å²) in [6.07, 6.45) is 4.53. The number of rotatable bonds is 5. The van der Waals surface area contributed by atoms with Crippen LogP contribution in [0.5, 0.6) is 0 Å². The highest BCUT2D eigenvalue weighted by Crippen LogP contribution is 2.43. The molecule has 0 aliphatic heterocycles. The normalized spacial score (nSPS) is 23.4. The first-order valence-electron chi connectivity index (χ1n) is 6.37. The Morgan fingerprint density at radius 1 is 1.50 bits per heavy atom. The number of alkyl halides is 1. The lowest BCUT2D eigenvalue weighted by Gasteiger charge is -2.31. The van der Waals surface area contributed by atoms with E-state index in [1.807, 2.05) is 4.90 Å². The van der Waals surface area contributed by atoms with Gasteiger partial charge < -0.3 is 4.90 Å². The third kappa shape index (κ3) is 3.22. The van der Waals surface area contributed by atoms with Crippen molar-refractivity contribution >= 4 is 21.8 Å². The summed E-state index contributed by atoms with van der Waals surface area (Å²) in [6.45, 7) is 8.29. The molecule has 1 unspecified atom stereocenters. The van der Waals surface area contributed by atoms with Gasteiger partial charge in [0.1, 0.15) is 0 Å². The zero-order valence-electron chi connectivity index (χ0n) is 10.8. The van der Waals surface area contributed by atoms with Crippen molar-refractivity contribution in [2.24, 2.45) is 11.3 Å². The van der Waals surface area contributed by atoms with Crippen LogP contribution < -0.4 is 0 Å². The van der Waals surface area contributed by atoms with E-state index in [0.29, 0.717) is 5.91 Å². The first-order valence-corrected chi connectivity index (χ1v) is 7.50. The van der Waals surface area contributed by atoms with E-state index in [4.69, 9.17) is 0 Å². The van der Waals surface area contributed by atoms with Gasteiger partial charge >= 0.3 is 0 Å². The summed E-state index contributed by atoms with van der Waals surface area (Å²) in [7, 11) is 0. The molecule has 1 saturated carbocycles. The van der Waals surface area contributed by atoms with Crippen molar-refractivity contribution in [1.82, 2.24) is 4.90 Å². The van der Waals surface area contributed by atoms with Crippen molar-refractivity contribution in [3.8, 4) is 0 Å². The van der Waals surface area contributed by atoms with Crippen LogP contribution in [-0.4, -0.2) is 29.2 Å². The summed E-state index contributed by atoms with van der Waals surface area (Å²) in [4.78, 5) is 14.4. The molecule has 0 aromatic rings. The van der Waals surface area contributed by atoms with Gasteiger partial charge in [-0.25, -0.2) is 0 Å². The van der Waals surface area contributed by atoms with Crippen molar-refractivity contribution in [3.05, 3.63) is 0 Å². The molecule has 1 aliphatic carbocycles. The molecule has 0 aromatic heterocycles. The van der Waals surface area contributed by atoms with Crippen LogP contribution in [0, 0.1) is 11.3 Å². The molecule has 1 rings (SSSR count). The van der Waals surface area contributed by atoms with Gasteiger partial charge in [0.2, 0.25) is 5.91 Å². The third-order valence-electron chi connectivity index (χ3n) is 3.81. The van der Waals surface area contributed by atoms with E-state index in [2.05, 4.69) is 36.7 Å². The summed E-state index contributed by atoms with van der Waals surface area (Å²) >= 11 is 3.42. The summed E-state index contributed by atoms with van der Waals surface area (Å²) in [5.41, 5.74) is 0.207. The van der Waals surface area contributed by atoms with Gasteiger partial charge in [-0.15, -0.1) is 0 Å². The van der Waals surface area contributed by atoms with E-state index in [9.17, 15) is 4.79 Å². The average molecular weight is 290 g/mol. The molecule has 1 amide bonds. The Morgan fingerprint density at radius 3 is 2.62 bits per heavy atom. The first-order chi connectivity index (χ1) is 7.53. The Balaban J connectivity index is 2.60. The molecule has 16 heavy (non-hydrogen) atoms. The maximum atomic E-state index is 12.4. The maximum absolute atomic E-state index is 12.4. The van der Waals surface area contributed by atoms with Crippen LogP contribution in [0.4, 0.5) is 0 Å². The number of nitrogens with zero attached hydrogens (tertiary/aromatic N) is 1. The lowest BCUT2D eigenvalue weighted by molar-refractivity contribution is -0.138. The highest BCUT2D eigenvalue weighted by Gasteiger charge is 2.40. The summed E-state index contributed by atoms with van der Waals surface area (Å²) in [5, 5.41) is 0.977. The predicted molar refractivity (Wildman–Crippen MR) is 71.8 cm³/mol. The van der Waals surface area contributed by atoms with E-state index < -0.39 is 0 Å². The minimum atomic E-state index is 0.207. The summed E-state index contributed by atoms with van der Waals surface area (Å²) in [6, 6.07) is 0. The zero-order valence-corrected chi connectivity index (χ0v) is 12.3. The molecule has 1 aliphatic rings. The largest absolute Gasteiger partial charge is 0.343 e. The quantitative estimate of drug-likeness (QED) is 0.710. The molecule has 0 radical (unpaired) electrons. The van der Waals surface area contributed by atoms with Crippen LogP contribution in [0.2, 0.25) is 0 Å². The maximum Gasteiger partial charge on any atom is 0.226 e. The highest BCUT2D eigenvalue weighted by molar-refractivity contribution is 9.09. The minimum Gasteiger partial charge on any atom is -0.343 e. The van der Waals surface area contributed by atoms with Gasteiger partial charge in [0.15, 0.2) is 0 Å². The molecule has 0 spiro atoms. The topological polar surface area (TPSA) is 20.3 Å².